The SMILES string of the molecule is COc1ccc(-c2nc3cc(NC(=O)COc4ccc(C5CCCCC5)cc4)ccc3o2)cc1OC. The molecule has 1 N–H and O–H groups in total. The van der Waals surface area contributed by atoms with E-state index in [2.05, 4.69) is 22.4 Å². The molecule has 0 radical (unpaired) electrons. The average Bonchev–Trinajstić information content (AvgIpc) is 3.36. The van der Waals surface area contributed by atoms with Crippen LogP contribution in [-0.2, 0) is 4.79 Å². The number of methoxy groups -OCH3 is 2. The predicted octanol–water partition coefficient (Wildman–Crippen LogP) is 6.58. The van der Waals surface area contributed by atoms with Crippen LogP contribution in [0.5, 0.6) is 17.2 Å². The zero-order valence-electron chi connectivity index (χ0n) is 20.6. The van der Waals surface area contributed by atoms with Gasteiger partial charge in [-0.15, -0.1) is 0 Å². The van der Waals surface area contributed by atoms with Gasteiger partial charge >= 0.3 is 0 Å². The van der Waals surface area contributed by atoms with E-state index in [4.69, 9.17) is 18.6 Å². The van der Waals surface area contributed by atoms with Gasteiger partial charge in [0.15, 0.2) is 23.7 Å². The lowest BCUT2D eigenvalue weighted by atomic mass is 9.84. The molecule has 3 aromatic carbocycles. The zero-order valence-corrected chi connectivity index (χ0v) is 20.6. The maximum atomic E-state index is 12.5. The van der Waals surface area contributed by atoms with Crippen LogP contribution in [0, 0.1) is 0 Å². The number of carbonyl (C=O) groups excluding carboxylic acids is 1. The third-order valence-corrected chi connectivity index (χ3v) is 6.63. The number of nitrogens with one attached hydrogen (secondary N) is 1. The van der Waals surface area contributed by atoms with E-state index in [0.717, 1.165) is 5.56 Å². The van der Waals surface area contributed by atoms with Crippen LogP contribution >= 0.6 is 0 Å². The topological polar surface area (TPSA) is 82.8 Å². The summed E-state index contributed by atoms with van der Waals surface area (Å²) < 4.78 is 22.3. The molecule has 0 bridgehead atoms. The number of hydrogen-bond donors (Lipinski definition) is 1. The minimum atomic E-state index is -0.241. The summed E-state index contributed by atoms with van der Waals surface area (Å²) in [6, 6.07) is 19.0. The smallest absolute Gasteiger partial charge is 0.262 e. The summed E-state index contributed by atoms with van der Waals surface area (Å²) in [5, 5.41) is 2.87. The average molecular weight is 487 g/mol. The number of nitrogens with zero attached hydrogens (tertiary/aromatic N) is 1. The Kier molecular flexibility index (Phi) is 7.07. The first-order valence-corrected chi connectivity index (χ1v) is 12.3. The number of anilines is 1. The summed E-state index contributed by atoms with van der Waals surface area (Å²) in [6.45, 7) is -0.0729. The second-order valence-electron chi connectivity index (χ2n) is 9.01. The van der Waals surface area contributed by atoms with Crippen LogP contribution < -0.4 is 19.5 Å². The van der Waals surface area contributed by atoms with Crippen LogP contribution in [0.15, 0.2) is 65.1 Å². The van der Waals surface area contributed by atoms with Crippen LogP contribution in [0.1, 0.15) is 43.6 Å². The monoisotopic (exact) mass is 486 g/mol. The summed E-state index contributed by atoms with van der Waals surface area (Å²) in [6.07, 6.45) is 6.47. The first-order valence-electron chi connectivity index (χ1n) is 12.3. The molecule has 1 amide bonds. The Labute approximate surface area is 210 Å². The van der Waals surface area contributed by atoms with Crippen molar-refractivity contribution in [2.24, 2.45) is 0 Å². The summed E-state index contributed by atoms with van der Waals surface area (Å²) in [7, 11) is 3.17. The lowest BCUT2D eigenvalue weighted by Crippen LogP contribution is -2.20. The van der Waals surface area contributed by atoms with E-state index in [9.17, 15) is 4.79 Å². The van der Waals surface area contributed by atoms with Gasteiger partial charge in [-0.3, -0.25) is 4.79 Å². The van der Waals surface area contributed by atoms with Crippen LogP contribution in [-0.4, -0.2) is 31.7 Å². The molecule has 0 aliphatic heterocycles. The lowest BCUT2D eigenvalue weighted by molar-refractivity contribution is -0.118. The Hall–Kier alpha value is -4.00. The van der Waals surface area contributed by atoms with Gasteiger partial charge in [-0.25, -0.2) is 4.98 Å². The quantitative estimate of drug-likeness (QED) is 0.303. The van der Waals surface area contributed by atoms with Crippen LogP contribution in [0.25, 0.3) is 22.6 Å². The molecule has 0 spiro atoms. The second-order valence-corrected chi connectivity index (χ2v) is 9.01. The molecular weight excluding hydrogens is 456 g/mol. The number of oxazole rings is 1. The van der Waals surface area contributed by atoms with Gasteiger partial charge in [-0.1, -0.05) is 31.4 Å². The van der Waals surface area contributed by atoms with Crippen LogP contribution in [0.4, 0.5) is 5.69 Å². The summed E-state index contributed by atoms with van der Waals surface area (Å²) in [5.74, 6) is 2.77. The minimum Gasteiger partial charge on any atom is -0.493 e. The molecule has 7 nitrogen and oxygen atoms in total. The zero-order chi connectivity index (χ0) is 24.9. The highest BCUT2D eigenvalue weighted by molar-refractivity contribution is 5.94. The number of hydrogen-bond acceptors (Lipinski definition) is 6. The Morgan fingerprint density at radius 3 is 2.47 bits per heavy atom. The fourth-order valence-electron chi connectivity index (χ4n) is 4.72. The highest BCUT2D eigenvalue weighted by Crippen LogP contribution is 2.34. The molecule has 0 atom stereocenters. The van der Waals surface area contributed by atoms with E-state index >= 15 is 0 Å². The summed E-state index contributed by atoms with van der Waals surface area (Å²) in [5.41, 5.74) is 4.00. The van der Waals surface area contributed by atoms with Crippen molar-refractivity contribution in [3.8, 4) is 28.7 Å². The van der Waals surface area contributed by atoms with Gasteiger partial charge in [0.25, 0.3) is 5.91 Å². The van der Waals surface area contributed by atoms with E-state index in [-0.39, 0.29) is 12.5 Å². The van der Waals surface area contributed by atoms with E-state index in [1.54, 1.807) is 38.5 Å². The van der Waals surface area contributed by atoms with Crippen molar-refractivity contribution in [2.45, 2.75) is 38.0 Å². The number of carbonyl (C=O) groups is 1. The molecule has 0 saturated heterocycles. The van der Waals surface area contributed by atoms with Gasteiger partial charge in [0.2, 0.25) is 5.89 Å². The van der Waals surface area contributed by atoms with Gasteiger partial charge in [0.1, 0.15) is 11.3 Å². The highest BCUT2D eigenvalue weighted by Gasteiger charge is 2.16. The van der Waals surface area contributed by atoms with Crippen molar-refractivity contribution in [1.29, 1.82) is 0 Å². The molecule has 0 unspecified atom stereocenters. The van der Waals surface area contributed by atoms with E-state index in [1.165, 1.54) is 37.7 Å². The van der Waals surface area contributed by atoms with Gasteiger partial charge in [0.05, 0.1) is 14.2 Å². The van der Waals surface area contributed by atoms with Gasteiger partial charge in [0, 0.05) is 11.3 Å². The normalized spacial score (nSPS) is 13.9. The molecule has 186 valence electrons. The third-order valence-electron chi connectivity index (χ3n) is 6.63. The standard InChI is InChI=1S/C29H30N2O5/c1-33-26-14-10-21(16-27(26)34-2)29-31-24-17-22(11-15-25(24)36-29)30-28(32)18-35-23-12-8-20(9-13-23)19-6-4-3-5-7-19/h8-17,19H,3-7,18H2,1-2H3,(H,30,32). The highest BCUT2D eigenvalue weighted by atomic mass is 16.5. The van der Waals surface area contributed by atoms with E-state index < -0.39 is 0 Å². The van der Waals surface area contributed by atoms with Crippen molar-refractivity contribution < 1.29 is 23.4 Å². The number of ether oxygens (including phenoxy) is 3. The van der Waals surface area contributed by atoms with Gasteiger partial charge in [-0.05, 0) is 72.9 Å². The van der Waals surface area contributed by atoms with E-state index in [1.807, 2.05) is 24.3 Å². The van der Waals surface area contributed by atoms with Crippen molar-refractivity contribution in [2.75, 3.05) is 26.1 Å². The molecule has 1 aromatic heterocycles. The number of aromatic nitrogens is 1. The van der Waals surface area contributed by atoms with Gasteiger partial charge < -0.3 is 23.9 Å². The number of rotatable bonds is 8. The minimum absolute atomic E-state index is 0.0729. The first kappa shape index (κ1) is 23.7. The summed E-state index contributed by atoms with van der Waals surface area (Å²) in [4.78, 5) is 17.1. The molecule has 1 saturated carbocycles. The van der Waals surface area contributed by atoms with Crippen LogP contribution in [0.2, 0.25) is 0 Å². The lowest BCUT2D eigenvalue weighted by Gasteiger charge is -2.22. The Balaban J connectivity index is 1.21. The number of fused-ring (bicyclic) bond motifs is 1. The third kappa shape index (κ3) is 5.30. The molecular formula is C29H30N2O5. The van der Waals surface area contributed by atoms with E-state index in [0.29, 0.717) is 45.8 Å². The molecule has 1 aliphatic rings. The molecule has 4 aromatic rings. The molecule has 1 aliphatic carbocycles. The van der Waals surface area contributed by atoms with Crippen molar-refractivity contribution in [1.82, 2.24) is 4.98 Å². The Bertz CT molecular complexity index is 1340. The molecule has 1 heterocycles. The maximum Gasteiger partial charge on any atom is 0.262 e. The van der Waals surface area contributed by atoms with Crippen LogP contribution in [0.3, 0.4) is 0 Å². The van der Waals surface area contributed by atoms with Crippen molar-refractivity contribution in [3.63, 3.8) is 0 Å². The Morgan fingerprint density at radius 1 is 0.944 bits per heavy atom. The molecule has 7 heteroatoms. The molecule has 1 fully saturated rings. The predicted molar refractivity (Wildman–Crippen MR) is 139 cm³/mol. The fraction of sp³-hybridized carbons (Fsp3) is 0.310. The first-order chi connectivity index (χ1) is 17.6. The molecule has 36 heavy (non-hydrogen) atoms. The molecule has 5 rings (SSSR count). The van der Waals surface area contributed by atoms with Crippen molar-refractivity contribution in [3.05, 3.63) is 66.2 Å². The maximum absolute atomic E-state index is 12.5. The summed E-state index contributed by atoms with van der Waals surface area (Å²) >= 11 is 0. The Morgan fingerprint density at radius 2 is 1.72 bits per heavy atom. The number of amides is 1. The largest absolute Gasteiger partial charge is 0.493 e. The van der Waals surface area contributed by atoms with Crippen molar-refractivity contribution >= 4 is 22.7 Å². The van der Waals surface area contributed by atoms with Gasteiger partial charge in [-0.2, -0.15) is 0 Å². The second kappa shape index (κ2) is 10.7. The fourth-order valence-corrected chi connectivity index (χ4v) is 4.72. The number of benzene rings is 3.